The van der Waals surface area contributed by atoms with Crippen molar-refractivity contribution in [3.8, 4) is 16.9 Å². The molecule has 3 amide bonds. The molecule has 174 valence electrons. The first kappa shape index (κ1) is 23.0. The number of nitrogens with zero attached hydrogens (tertiary/aromatic N) is 1. The standard InChI is InChI=1S/C27H27N3O4/c1-17(25(31)28-16-18-12-14-19(34-3)15-13-18)26(32)29-24-22-10-5-4-8-20(22)21-9-6-7-11-23(21)30(2)27(24)33/h4-15,17,24H,16H2,1-3H3,(H,28,31)(H,29,32)/t17-,24-/m1/s1. The molecule has 7 heteroatoms. The van der Waals surface area contributed by atoms with Gasteiger partial charge in [0.15, 0.2) is 0 Å². The predicted octanol–water partition coefficient (Wildman–Crippen LogP) is 3.45. The largest absolute Gasteiger partial charge is 0.497 e. The van der Waals surface area contributed by atoms with Crippen LogP contribution >= 0.6 is 0 Å². The van der Waals surface area contributed by atoms with Crippen molar-refractivity contribution >= 4 is 23.4 Å². The normalized spacial score (nSPS) is 15.4. The Bertz CT molecular complexity index is 1220. The third kappa shape index (κ3) is 4.50. The van der Waals surface area contributed by atoms with E-state index < -0.39 is 23.8 Å². The highest BCUT2D eigenvalue weighted by Crippen LogP contribution is 2.39. The highest BCUT2D eigenvalue weighted by atomic mass is 16.5. The molecule has 0 spiro atoms. The molecule has 2 atom stereocenters. The van der Waals surface area contributed by atoms with Crippen LogP contribution in [0.2, 0.25) is 0 Å². The maximum Gasteiger partial charge on any atom is 0.253 e. The molecule has 0 saturated heterocycles. The Hall–Kier alpha value is -4.13. The van der Waals surface area contributed by atoms with Gasteiger partial charge < -0.3 is 20.3 Å². The Kier molecular flexibility index (Phi) is 6.63. The van der Waals surface area contributed by atoms with Crippen molar-refractivity contribution in [2.45, 2.75) is 19.5 Å². The number of methoxy groups -OCH3 is 1. The van der Waals surface area contributed by atoms with Gasteiger partial charge in [0.05, 0.1) is 12.8 Å². The molecule has 0 aromatic heterocycles. The molecule has 1 aliphatic rings. The summed E-state index contributed by atoms with van der Waals surface area (Å²) in [4.78, 5) is 40.6. The molecular weight excluding hydrogens is 430 g/mol. The van der Waals surface area contributed by atoms with Crippen LogP contribution in [0, 0.1) is 5.92 Å². The van der Waals surface area contributed by atoms with Crippen molar-refractivity contribution < 1.29 is 19.1 Å². The third-order valence-electron chi connectivity index (χ3n) is 6.10. The van der Waals surface area contributed by atoms with E-state index in [1.807, 2.05) is 60.7 Å². The van der Waals surface area contributed by atoms with Crippen molar-refractivity contribution in [2.24, 2.45) is 5.92 Å². The SMILES string of the molecule is COc1ccc(CNC(=O)[C@@H](C)C(=O)N[C@H]2C(=O)N(C)c3ccccc3-c3ccccc32)cc1. The molecule has 7 nitrogen and oxygen atoms in total. The third-order valence-corrected chi connectivity index (χ3v) is 6.10. The maximum atomic E-state index is 13.4. The monoisotopic (exact) mass is 457 g/mol. The lowest BCUT2D eigenvalue weighted by Gasteiger charge is -2.24. The van der Waals surface area contributed by atoms with E-state index in [-0.39, 0.29) is 12.5 Å². The number of likely N-dealkylation sites (N-methyl/N-ethyl adjacent to an activating group) is 1. The molecule has 4 rings (SSSR count). The van der Waals surface area contributed by atoms with E-state index in [0.717, 1.165) is 28.1 Å². The first-order valence-corrected chi connectivity index (χ1v) is 11.1. The van der Waals surface area contributed by atoms with Gasteiger partial charge in [-0.15, -0.1) is 0 Å². The predicted molar refractivity (Wildman–Crippen MR) is 130 cm³/mol. The molecule has 34 heavy (non-hydrogen) atoms. The van der Waals surface area contributed by atoms with Gasteiger partial charge in [-0.2, -0.15) is 0 Å². The highest BCUT2D eigenvalue weighted by molar-refractivity contribution is 6.07. The summed E-state index contributed by atoms with van der Waals surface area (Å²) < 4.78 is 5.14. The van der Waals surface area contributed by atoms with Crippen molar-refractivity contribution in [2.75, 3.05) is 19.1 Å². The Morgan fingerprint density at radius 3 is 2.29 bits per heavy atom. The molecule has 3 aromatic carbocycles. The average molecular weight is 458 g/mol. The van der Waals surface area contributed by atoms with E-state index in [2.05, 4.69) is 10.6 Å². The maximum absolute atomic E-state index is 13.4. The van der Waals surface area contributed by atoms with Crippen LogP contribution < -0.4 is 20.3 Å². The number of amides is 3. The fourth-order valence-corrected chi connectivity index (χ4v) is 4.04. The molecule has 0 aliphatic carbocycles. The number of hydrogen-bond acceptors (Lipinski definition) is 4. The minimum atomic E-state index is -0.978. The second-order valence-corrected chi connectivity index (χ2v) is 8.23. The van der Waals surface area contributed by atoms with E-state index >= 15 is 0 Å². The van der Waals surface area contributed by atoms with Crippen LogP contribution in [0.4, 0.5) is 5.69 Å². The number of para-hydroxylation sites is 1. The molecule has 0 bridgehead atoms. The van der Waals surface area contributed by atoms with Gasteiger partial charge >= 0.3 is 0 Å². The van der Waals surface area contributed by atoms with Crippen molar-refractivity contribution in [3.05, 3.63) is 83.9 Å². The molecule has 0 saturated carbocycles. The fraction of sp³-hybridized carbons (Fsp3) is 0.222. The summed E-state index contributed by atoms with van der Waals surface area (Å²) in [6.45, 7) is 1.81. The second kappa shape index (κ2) is 9.79. The van der Waals surface area contributed by atoms with E-state index in [1.165, 1.54) is 6.92 Å². The van der Waals surface area contributed by atoms with Crippen LogP contribution in [0.15, 0.2) is 72.8 Å². The summed E-state index contributed by atoms with van der Waals surface area (Å²) in [5.41, 5.74) is 4.13. The zero-order valence-corrected chi connectivity index (χ0v) is 19.4. The summed E-state index contributed by atoms with van der Waals surface area (Å²) in [6.07, 6.45) is 0. The highest BCUT2D eigenvalue weighted by Gasteiger charge is 2.34. The van der Waals surface area contributed by atoms with Gasteiger partial charge in [-0.05, 0) is 41.8 Å². The average Bonchev–Trinajstić information content (AvgIpc) is 2.96. The van der Waals surface area contributed by atoms with Gasteiger partial charge in [0.25, 0.3) is 5.91 Å². The summed E-state index contributed by atoms with van der Waals surface area (Å²) >= 11 is 0. The Labute approximate surface area is 198 Å². The second-order valence-electron chi connectivity index (χ2n) is 8.23. The van der Waals surface area contributed by atoms with Crippen molar-refractivity contribution in [1.29, 1.82) is 0 Å². The van der Waals surface area contributed by atoms with E-state index in [1.54, 1.807) is 31.2 Å². The van der Waals surface area contributed by atoms with Crippen LogP contribution in [0.3, 0.4) is 0 Å². The number of hydrogen-bond donors (Lipinski definition) is 2. The van der Waals surface area contributed by atoms with Crippen LogP contribution in [-0.4, -0.2) is 31.9 Å². The Morgan fingerprint density at radius 1 is 0.941 bits per heavy atom. The van der Waals surface area contributed by atoms with Crippen LogP contribution in [-0.2, 0) is 20.9 Å². The molecule has 0 fully saturated rings. The summed E-state index contributed by atoms with van der Waals surface area (Å²) in [6, 6.07) is 21.5. The zero-order chi connectivity index (χ0) is 24.2. The smallest absolute Gasteiger partial charge is 0.253 e. The minimum Gasteiger partial charge on any atom is -0.497 e. The molecular formula is C27H27N3O4. The van der Waals surface area contributed by atoms with Crippen molar-refractivity contribution in [3.63, 3.8) is 0 Å². The first-order chi connectivity index (χ1) is 16.4. The van der Waals surface area contributed by atoms with E-state index in [4.69, 9.17) is 4.74 Å². The molecule has 2 N–H and O–H groups in total. The Balaban J connectivity index is 1.50. The minimum absolute atomic E-state index is 0.267. The number of nitrogens with one attached hydrogen (secondary N) is 2. The van der Waals surface area contributed by atoms with E-state index in [0.29, 0.717) is 5.56 Å². The number of carbonyl (C=O) groups is 3. The summed E-state index contributed by atoms with van der Waals surface area (Å²) in [5.74, 6) is -1.45. The van der Waals surface area contributed by atoms with Gasteiger partial charge in [-0.25, -0.2) is 0 Å². The summed E-state index contributed by atoms with van der Waals surface area (Å²) in [7, 11) is 3.28. The van der Waals surface area contributed by atoms with Gasteiger partial charge in [0, 0.05) is 19.2 Å². The number of benzene rings is 3. The number of fused-ring (bicyclic) bond motifs is 3. The molecule has 1 aliphatic heterocycles. The number of ether oxygens (including phenoxy) is 1. The molecule has 1 heterocycles. The number of rotatable bonds is 6. The van der Waals surface area contributed by atoms with Crippen molar-refractivity contribution in [1.82, 2.24) is 10.6 Å². The van der Waals surface area contributed by atoms with Gasteiger partial charge in [0.1, 0.15) is 17.7 Å². The van der Waals surface area contributed by atoms with Crippen LogP contribution in [0.5, 0.6) is 5.75 Å². The quantitative estimate of drug-likeness (QED) is 0.555. The Morgan fingerprint density at radius 2 is 1.59 bits per heavy atom. The first-order valence-electron chi connectivity index (χ1n) is 11.1. The van der Waals surface area contributed by atoms with E-state index in [9.17, 15) is 14.4 Å². The number of carbonyl (C=O) groups excluding carboxylic acids is 3. The lowest BCUT2D eigenvalue weighted by Crippen LogP contribution is -2.45. The fourth-order valence-electron chi connectivity index (χ4n) is 4.04. The lowest BCUT2D eigenvalue weighted by molar-refractivity contribution is -0.136. The lowest BCUT2D eigenvalue weighted by atomic mass is 9.95. The van der Waals surface area contributed by atoms with Gasteiger partial charge in [-0.3, -0.25) is 14.4 Å². The van der Waals surface area contributed by atoms with Crippen LogP contribution in [0.1, 0.15) is 24.1 Å². The van der Waals surface area contributed by atoms with Gasteiger partial charge in [-0.1, -0.05) is 54.6 Å². The van der Waals surface area contributed by atoms with Crippen LogP contribution in [0.25, 0.3) is 11.1 Å². The molecule has 0 unspecified atom stereocenters. The summed E-state index contributed by atoms with van der Waals surface area (Å²) in [5, 5.41) is 5.60. The molecule has 0 radical (unpaired) electrons. The zero-order valence-electron chi connectivity index (χ0n) is 19.4. The topological polar surface area (TPSA) is 87.7 Å². The molecule has 3 aromatic rings. The number of anilines is 1. The van der Waals surface area contributed by atoms with Gasteiger partial charge in [0.2, 0.25) is 11.8 Å².